The highest BCUT2D eigenvalue weighted by Gasteiger charge is 2.16. The fourth-order valence-electron chi connectivity index (χ4n) is 3.29. The number of thioether (sulfide) groups is 1. The van der Waals surface area contributed by atoms with Gasteiger partial charge in [0, 0.05) is 49.1 Å². The zero-order chi connectivity index (χ0) is 21.4. The summed E-state index contributed by atoms with van der Waals surface area (Å²) in [6.07, 6.45) is 0. The standard InChI is InChI=1S/C22H21N5O2S2/c1-26(2)17-6-4-5-14(9-17)20-24-25-22(27(20)3)31-12-16-11-30-21(23-16)15-7-8-18-19(10-15)29-13-28-18/h4-11H,12-13H2,1-3H3. The number of anilines is 1. The molecule has 3 heterocycles. The van der Waals surface area contributed by atoms with Crippen LogP contribution < -0.4 is 14.4 Å². The van der Waals surface area contributed by atoms with E-state index in [-0.39, 0.29) is 6.79 Å². The van der Waals surface area contributed by atoms with Crippen LogP contribution >= 0.6 is 23.1 Å². The predicted octanol–water partition coefficient (Wildman–Crippen LogP) is 4.69. The topological polar surface area (TPSA) is 65.3 Å². The van der Waals surface area contributed by atoms with E-state index >= 15 is 0 Å². The Balaban J connectivity index is 1.30. The van der Waals surface area contributed by atoms with Gasteiger partial charge in [-0.3, -0.25) is 0 Å². The molecular formula is C22H21N5O2S2. The van der Waals surface area contributed by atoms with Gasteiger partial charge in [0.05, 0.1) is 5.69 Å². The quantitative estimate of drug-likeness (QED) is 0.394. The Morgan fingerprint density at radius 3 is 2.81 bits per heavy atom. The molecule has 0 atom stereocenters. The number of rotatable bonds is 6. The third-order valence-corrected chi connectivity index (χ3v) is 6.97. The van der Waals surface area contributed by atoms with Crippen LogP contribution in [0, 0.1) is 0 Å². The van der Waals surface area contributed by atoms with Gasteiger partial charge in [0.2, 0.25) is 6.79 Å². The van der Waals surface area contributed by atoms with Gasteiger partial charge in [-0.1, -0.05) is 23.9 Å². The molecule has 1 aliphatic heterocycles. The zero-order valence-corrected chi connectivity index (χ0v) is 19.0. The highest BCUT2D eigenvalue weighted by atomic mass is 32.2. The molecule has 0 saturated carbocycles. The highest BCUT2D eigenvalue weighted by Crippen LogP contribution is 2.37. The second kappa shape index (κ2) is 8.24. The van der Waals surface area contributed by atoms with E-state index < -0.39 is 0 Å². The first-order valence-electron chi connectivity index (χ1n) is 9.73. The van der Waals surface area contributed by atoms with Crippen molar-refractivity contribution in [3.63, 3.8) is 0 Å². The molecule has 2 aromatic heterocycles. The van der Waals surface area contributed by atoms with Gasteiger partial charge in [0.15, 0.2) is 22.5 Å². The number of ether oxygens (including phenoxy) is 2. The fraction of sp³-hybridized carbons (Fsp3) is 0.227. The largest absolute Gasteiger partial charge is 0.454 e. The van der Waals surface area contributed by atoms with Crippen molar-refractivity contribution in [2.75, 3.05) is 25.8 Å². The third kappa shape index (κ3) is 3.98. The van der Waals surface area contributed by atoms with Crippen molar-refractivity contribution in [1.29, 1.82) is 0 Å². The molecule has 7 nitrogen and oxygen atoms in total. The summed E-state index contributed by atoms with van der Waals surface area (Å²) in [5, 5.41) is 12.7. The molecular weight excluding hydrogens is 430 g/mol. The molecule has 0 fully saturated rings. The van der Waals surface area contributed by atoms with Gasteiger partial charge >= 0.3 is 0 Å². The molecule has 0 amide bonds. The number of benzene rings is 2. The molecule has 2 aromatic carbocycles. The lowest BCUT2D eigenvalue weighted by Crippen LogP contribution is -2.08. The lowest BCUT2D eigenvalue weighted by molar-refractivity contribution is 0.174. The Morgan fingerprint density at radius 1 is 1.06 bits per heavy atom. The van der Waals surface area contributed by atoms with Crippen molar-refractivity contribution < 1.29 is 9.47 Å². The number of thiazole rings is 1. The van der Waals surface area contributed by atoms with Gasteiger partial charge in [-0.25, -0.2) is 4.98 Å². The maximum Gasteiger partial charge on any atom is 0.231 e. The summed E-state index contributed by atoms with van der Waals surface area (Å²) in [7, 11) is 6.06. The SMILES string of the molecule is CN(C)c1cccc(-c2nnc(SCc3csc(-c4ccc5c(c4)OCO5)n3)n2C)c1. The lowest BCUT2D eigenvalue weighted by atomic mass is 10.2. The van der Waals surface area contributed by atoms with Gasteiger partial charge in [-0.15, -0.1) is 21.5 Å². The summed E-state index contributed by atoms with van der Waals surface area (Å²) < 4.78 is 12.9. The van der Waals surface area contributed by atoms with E-state index in [9.17, 15) is 0 Å². The number of hydrogen-bond acceptors (Lipinski definition) is 8. The predicted molar refractivity (Wildman–Crippen MR) is 124 cm³/mol. The summed E-state index contributed by atoms with van der Waals surface area (Å²) in [6, 6.07) is 14.2. The second-order valence-corrected chi connectivity index (χ2v) is 9.11. The van der Waals surface area contributed by atoms with Crippen LogP contribution in [-0.2, 0) is 12.8 Å². The van der Waals surface area contributed by atoms with Crippen LogP contribution in [0.3, 0.4) is 0 Å². The van der Waals surface area contributed by atoms with E-state index in [2.05, 4.69) is 38.7 Å². The van der Waals surface area contributed by atoms with Gasteiger partial charge < -0.3 is 18.9 Å². The van der Waals surface area contributed by atoms with Gasteiger partial charge in [-0.05, 0) is 30.3 Å². The minimum atomic E-state index is 0.275. The maximum atomic E-state index is 5.47. The average Bonchev–Trinajstić information content (AvgIpc) is 3.51. The normalized spacial score (nSPS) is 12.4. The number of hydrogen-bond donors (Lipinski definition) is 0. The first-order chi connectivity index (χ1) is 15.1. The molecule has 4 aromatic rings. The monoisotopic (exact) mass is 451 g/mol. The molecule has 0 saturated heterocycles. The van der Waals surface area contributed by atoms with E-state index in [0.717, 1.165) is 55.7 Å². The van der Waals surface area contributed by atoms with Crippen LogP contribution in [-0.4, -0.2) is 40.6 Å². The van der Waals surface area contributed by atoms with Crippen molar-refractivity contribution in [2.45, 2.75) is 10.9 Å². The van der Waals surface area contributed by atoms with E-state index in [4.69, 9.17) is 14.5 Å². The molecule has 0 radical (unpaired) electrons. The van der Waals surface area contributed by atoms with Gasteiger partial charge in [0.25, 0.3) is 0 Å². The Bertz CT molecular complexity index is 1230. The highest BCUT2D eigenvalue weighted by molar-refractivity contribution is 7.98. The summed E-state index contributed by atoms with van der Waals surface area (Å²) in [5.74, 6) is 3.13. The molecule has 0 spiro atoms. The van der Waals surface area contributed by atoms with Crippen LogP contribution in [0.5, 0.6) is 11.5 Å². The van der Waals surface area contributed by atoms with Crippen LogP contribution in [0.25, 0.3) is 22.0 Å². The minimum Gasteiger partial charge on any atom is -0.454 e. The van der Waals surface area contributed by atoms with E-state index in [0.29, 0.717) is 0 Å². The van der Waals surface area contributed by atoms with Gasteiger partial charge in [0.1, 0.15) is 5.01 Å². The summed E-state index contributed by atoms with van der Waals surface area (Å²) in [4.78, 5) is 6.86. The van der Waals surface area contributed by atoms with Crippen molar-refractivity contribution >= 4 is 28.8 Å². The first-order valence-corrected chi connectivity index (χ1v) is 11.6. The van der Waals surface area contributed by atoms with Crippen molar-refractivity contribution in [3.05, 3.63) is 53.5 Å². The molecule has 158 valence electrons. The molecule has 0 unspecified atom stereocenters. The van der Waals surface area contributed by atoms with Crippen molar-refractivity contribution in [2.24, 2.45) is 7.05 Å². The van der Waals surface area contributed by atoms with Gasteiger partial charge in [-0.2, -0.15) is 0 Å². The summed E-state index contributed by atoms with van der Waals surface area (Å²) in [6.45, 7) is 0.275. The Hall–Kier alpha value is -3.04. The van der Waals surface area contributed by atoms with Crippen LogP contribution in [0.2, 0.25) is 0 Å². The minimum absolute atomic E-state index is 0.275. The fourth-order valence-corrected chi connectivity index (χ4v) is 5.01. The van der Waals surface area contributed by atoms with E-state index in [1.165, 1.54) is 0 Å². The molecule has 9 heteroatoms. The van der Waals surface area contributed by atoms with E-state index in [1.807, 2.05) is 50.0 Å². The number of aromatic nitrogens is 4. The molecule has 0 bridgehead atoms. The van der Waals surface area contributed by atoms with Crippen LogP contribution in [0.15, 0.2) is 53.0 Å². The molecule has 5 rings (SSSR count). The lowest BCUT2D eigenvalue weighted by Gasteiger charge is -2.13. The smallest absolute Gasteiger partial charge is 0.231 e. The van der Waals surface area contributed by atoms with Crippen LogP contribution in [0.4, 0.5) is 5.69 Å². The summed E-state index contributed by atoms with van der Waals surface area (Å²) >= 11 is 3.26. The molecule has 0 N–H and O–H groups in total. The number of nitrogens with zero attached hydrogens (tertiary/aromatic N) is 5. The molecule has 0 aliphatic carbocycles. The Morgan fingerprint density at radius 2 is 1.94 bits per heavy atom. The number of fused-ring (bicyclic) bond motifs is 1. The molecule has 1 aliphatic rings. The van der Waals surface area contributed by atoms with Crippen LogP contribution in [0.1, 0.15) is 5.69 Å². The maximum absolute atomic E-state index is 5.47. The Labute approximate surface area is 188 Å². The van der Waals surface area contributed by atoms with E-state index in [1.54, 1.807) is 23.1 Å². The van der Waals surface area contributed by atoms with Crippen molar-refractivity contribution in [1.82, 2.24) is 19.7 Å². The Kier molecular flexibility index (Phi) is 5.29. The van der Waals surface area contributed by atoms with Crippen molar-refractivity contribution in [3.8, 4) is 33.5 Å². The summed E-state index contributed by atoms with van der Waals surface area (Å²) in [5.41, 5.74) is 4.23. The first kappa shape index (κ1) is 19.9. The molecule has 31 heavy (non-hydrogen) atoms. The average molecular weight is 452 g/mol. The third-order valence-electron chi connectivity index (χ3n) is 4.98. The second-order valence-electron chi connectivity index (χ2n) is 7.31. The zero-order valence-electron chi connectivity index (χ0n) is 17.4.